The summed E-state index contributed by atoms with van der Waals surface area (Å²) in [5, 5.41) is 6.82. The quantitative estimate of drug-likeness (QED) is 0.600. The highest BCUT2D eigenvalue weighted by molar-refractivity contribution is 6.15. The van der Waals surface area contributed by atoms with Crippen LogP contribution in [0.15, 0.2) is 48.7 Å². The van der Waals surface area contributed by atoms with Crippen LogP contribution in [0.2, 0.25) is 0 Å². The van der Waals surface area contributed by atoms with Crippen molar-refractivity contribution in [2.75, 3.05) is 26.2 Å². The van der Waals surface area contributed by atoms with Gasteiger partial charge < -0.3 is 10.2 Å². The summed E-state index contributed by atoms with van der Waals surface area (Å²) in [4.78, 5) is 20.0. The molecular formula is C22H25Cl2N3O. The highest BCUT2D eigenvalue weighted by Gasteiger charge is 2.32. The SMILES string of the molecule is Cl.Cl.O=C(c1cc2ccccc2c2cccnc12)N1CC[C@@H]2CNC[C@@H]2CC1. The first-order chi connectivity index (χ1) is 12.8. The zero-order chi connectivity index (χ0) is 17.5. The number of amides is 1. The molecule has 0 spiro atoms. The number of nitrogens with zero attached hydrogens (tertiary/aromatic N) is 2. The highest BCUT2D eigenvalue weighted by atomic mass is 35.5. The van der Waals surface area contributed by atoms with E-state index >= 15 is 0 Å². The predicted octanol–water partition coefficient (Wildman–Crippen LogP) is 4.30. The molecular weight excluding hydrogens is 393 g/mol. The van der Waals surface area contributed by atoms with Gasteiger partial charge >= 0.3 is 0 Å². The molecule has 4 nitrogen and oxygen atoms in total. The third kappa shape index (κ3) is 3.57. The molecule has 3 heterocycles. The Hall–Kier alpha value is -1.88. The number of likely N-dealkylation sites (tertiary alicyclic amines) is 1. The first kappa shape index (κ1) is 20.8. The molecule has 2 aromatic carbocycles. The number of pyridine rings is 1. The molecule has 2 fully saturated rings. The van der Waals surface area contributed by atoms with Crippen LogP contribution in [0.1, 0.15) is 23.2 Å². The van der Waals surface area contributed by atoms with Crippen LogP contribution >= 0.6 is 24.8 Å². The Morgan fingerprint density at radius 2 is 1.64 bits per heavy atom. The van der Waals surface area contributed by atoms with E-state index in [0.717, 1.165) is 78.1 Å². The molecule has 28 heavy (non-hydrogen) atoms. The first-order valence-electron chi connectivity index (χ1n) is 9.58. The summed E-state index contributed by atoms with van der Waals surface area (Å²) in [6.07, 6.45) is 3.98. The topological polar surface area (TPSA) is 45.2 Å². The maximum atomic E-state index is 13.4. The third-order valence-corrected chi connectivity index (χ3v) is 6.15. The van der Waals surface area contributed by atoms with Crippen LogP contribution in [0, 0.1) is 11.8 Å². The van der Waals surface area contributed by atoms with Crippen LogP contribution < -0.4 is 5.32 Å². The van der Waals surface area contributed by atoms with E-state index in [2.05, 4.69) is 33.4 Å². The van der Waals surface area contributed by atoms with Gasteiger partial charge in [-0.2, -0.15) is 0 Å². The molecule has 1 aromatic heterocycles. The van der Waals surface area contributed by atoms with Gasteiger partial charge in [-0.15, -0.1) is 24.8 Å². The van der Waals surface area contributed by atoms with Crippen molar-refractivity contribution in [3.63, 3.8) is 0 Å². The Morgan fingerprint density at radius 3 is 2.39 bits per heavy atom. The van der Waals surface area contributed by atoms with Gasteiger partial charge in [-0.3, -0.25) is 9.78 Å². The van der Waals surface area contributed by atoms with Gasteiger partial charge in [-0.25, -0.2) is 0 Å². The summed E-state index contributed by atoms with van der Waals surface area (Å²) in [5.41, 5.74) is 1.56. The third-order valence-electron chi connectivity index (χ3n) is 6.15. The van der Waals surface area contributed by atoms with Gasteiger partial charge in [0.15, 0.2) is 0 Å². The normalized spacial score (nSPS) is 21.5. The molecule has 6 heteroatoms. The Bertz CT molecular complexity index is 980. The predicted molar refractivity (Wildman–Crippen MR) is 119 cm³/mol. The van der Waals surface area contributed by atoms with Gasteiger partial charge in [-0.05, 0) is 60.7 Å². The number of fused-ring (bicyclic) bond motifs is 4. The lowest BCUT2D eigenvalue weighted by atomic mass is 9.92. The lowest BCUT2D eigenvalue weighted by molar-refractivity contribution is 0.0760. The van der Waals surface area contributed by atoms with Gasteiger partial charge in [0.1, 0.15) is 0 Å². The molecule has 2 aliphatic rings. The van der Waals surface area contributed by atoms with Gasteiger partial charge in [-0.1, -0.05) is 30.3 Å². The Labute approximate surface area is 177 Å². The summed E-state index contributed by atoms with van der Waals surface area (Å²) in [6.45, 7) is 3.91. The Balaban J connectivity index is 0.00000112. The number of benzene rings is 2. The number of hydrogen-bond donors (Lipinski definition) is 1. The molecule has 0 radical (unpaired) electrons. The van der Waals surface area contributed by atoms with Crippen LogP contribution in [0.25, 0.3) is 21.7 Å². The van der Waals surface area contributed by atoms with Crippen LogP contribution in [0.5, 0.6) is 0 Å². The number of nitrogens with one attached hydrogen (secondary N) is 1. The molecule has 5 rings (SSSR count). The van der Waals surface area contributed by atoms with E-state index in [1.165, 1.54) is 0 Å². The van der Waals surface area contributed by atoms with Crippen molar-refractivity contribution in [1.29, 1.82) is 0 Å². The van der Waals surface area contributed by atoms with Crippen molar-refractivity contribution in [1.82, 2.24) is 15.2 Å². The van der Waals surface area contributed by atoms with Crippen LogP contribution in [-0.4, -0.2) is 42.0 Å². The Morgan fingerprint density at radius 1 is 0.964 bits per heavy atom. The summed E-state index contributed by atoms with van der Waals surface area (Å²) in [5.74, 6) is 1.57. The fourth-order valence-corrected chi connectivity index (χ4v) is 4.68. The maximum Gasteiger partial charge on any atom is 0.256 e. The molecule has 2 saturated heterocycles. The van der Waals surface area contributed by atoms with Gasteiger partial charge in [0.25, 0.3) is 5.91 Å². The molecule has 0 bridgehead atoms. The molecule has 0 saturated carbocycles. The first-order valence-corrected chi connectivity index (χ1v) is 9.58. The second kappa shape index (κ2) is 8.64. The number of carbonyl (C=O) groups is 1. The summed E-state index contributed by atoms with van der Waals surface area (Å²) < 4.78 is 0. The van der Waals surface area contributed by atoms with Crippen molar-refractivity contribution in [2.45, 2.75) is 12.8 Å². The molecule has 1 N–H and O–H groups in total. The van der Waals surface area contributed by atoms with Crippen LogP contribution in [-0.2, 0) is 0 Å². The number of halogens is 2. The van der Waals surface area contributed by atoms with Gasteiger partial charge in [0.2, 0.25) is 0 Å². The van der Waals surface area contributed by atoms with E-state index in [1.807, 2.05) is 24.3 Å². The summed E-state index contributed by atoms with van der Waals surface area (Å²) >= 11 is 0. The van der Waals surface area contributed by atoms with Crippen LogP contribution in [0.3, 0.4) is 0 Å². The van der Waals surface area contributed by atoms with Crippen molar-refractivity contribution in [3.05, 3.63) is 54.2 Å². The number of carbonyl (C=O) groups excluding carboxylic acids is 1. The molecule has 148 valence electrons. The Kier molecular flexibility index (Phi) is 6.43. The molecule has 3 aromatic rings. The number of rotatable bonds is 1. The molecule has 1 amide bonds. The minimum atomic E-state index is 0. The average molecular weight is 418 g/mol. The van der Waals surface area contributed by atoms with Crippen LogP contribution in [0.4, 0.5) is 0 Å². The monoisotopic (exact) mass is 417 g/mol. The standard InChI is InChI=1S/C22H23N3O.2ClH/c26-22(25-10-7-16-13-23-14-17(16)8-11-25)20-12-15-4-1-2-5-18(15)19-6-3-9-24-21(19)20;;/h1-6,9,12,16-17,23H,7-8,10-11,13-14H2;2*1H/t16-,17+;;. The van der Waals surface area contributed by atoms with E-state index in [9.17, 15) is 4.79 Å². The molecule has 0 aliphatic carbocycles. The smallest absolute Gasteiger partial charge is 0.256 e. The minimum Gasteiger partial charge on any atom is -0.339 e. The fourth-order valence-electron chi connectivity index (χ4n) is 4.68. The largest absolute Gasteiger partial charge is 0.339 e. The van der Waals surface area contributed by atoms with E-state index in [0.29, 0.717) is 0 Å². The molecule has 0 unspecified atom stereocenters. The zero-order valence-corrected chi connectivity index (χ0v) is 17.3. The number of hydrogen-bond acceptors (Lipinski definition) is 3. The minimum absolute atomic E-state index is 0. The highest BCUT2D eigenvalue weighted by Crippen LogP contribution is 2.31. The van der Waals surface area contributed by atoms with Crippen molar-refractivity contribution in [2.24, 2.45) is 11.8 Å². The van der Waals surface area contributed by atoms with E-state index in [4.69, 9.17) is 0 Å². The lowest BCUT2D eigenvalue weighted by Crippen LogP contribution is -2.33. The van der Waals surface area contributed by atoms with E-state index in [-0.39, 0.29) is 30.7 Å². The molecule has 2 aliphatic heterocycles. The summed E-state index contributed by atoms with van der Waals surface area (Å²) in [7, 11) is 0. The molecule has 2 atom stereocenters. The summed E-state index contributed by atoms with van der Waals surface area (Å²) in [6, 6.07) is 14.3. The van der Waals surface area contributed by atoms with Gasteiger partial charge in [0, 0.05) is 24.7 Å². The maximum absolute atomic E-state index is 13.4. The zero-order valence-electron chi connectivity index (χ0n) is 15.6. The van der Waals surface area contributed by atoms with Crippen molar-refractivity contribution in [3.8, 4) is 0 Å². The number of aromatic nitrogens is 1. The van der Waals surface area contributed by atoms with Crippen molar-refractivity contribution >= 4 is 52.4 Å². The fraction of sp³-hybridized carbons (Fsp3) is 0.364. The second-order valence-electron chi connectivity index (χ2n) is 7.59. The van der Waals surface area contributed by atoms with Crippen molar-refractivity contribution < 1.29 is 4.79 Å². The second-order valence-corrected chi connectivity index (χ2v) is 7.59. The average Bonchev–Trinajstić information content (AvgIpc) is 3.05. The van der Waals surface area contributed by atoms with E-state index in [1.54, 1.807) is 6.20 Å². The van der Waals surface area contributed by atoms with Gasteiger partial charge in [0.05, 0.1) is 11.1 Å². The van der Waals surface area contributed by atoms with E-state index < -0.39 is 0 Å². The lowest BCUT2D eigenvalue weighted by Gasteiger charge is -2.22.